The zero-order chi connectivity index (χ0) is 17.1. The number of aliphatic carboxylic acids is 1. The molecule has 4 nitrogen and oxygen atoms in total. The van der Waals surface area contributed by atoms with E-state index in [1.165, 1.54) is 24.0 Å². The van der Waals surface area contributed by atoms with Crippen LogP contribution in [0, 0.1) is 0 Å². The summed E-state index contributed by atoms with van der Waals surface area (Å²) in [6, 6.07) is 12.9. The lowest BCUT2D eigenvalue weighted by Gasteiger charge is -2.16. The smallest absolute Gasteiger partial charge is 0.310 e. The topological polar surface area (TPSA) is 66.4 Å². The maximum atomic E-state index is 12.4. The van der Waals surface area contributed by atoms with Gasteiger partial charge in [0.15, 0.2) is 0 Å². The molecule has 2 aromatic carbocycles. The fourth-order valence-electron chi connectivity index (χ4n) is 3.08. The lowest BCUT2D eigenvalue weighted by Crippen LogP contribution is -2.14. The van der Waals surface area contributed by atoms with E-state index in [9.17, 15) is 9.59 Å². The van der Waals surface area contributed by atoms with Gasteiger partial charge in [-0.15, -0.1) is 0 Å². The molecule has 0 radical (unpaired) electrons. The van der Waals surface area contributed by atoms with E-state index in [1.807, 2.05) is 12.1 Å². The Morgan fingerprint density at radius 2 is 1.67 bits per heavy atom. The number of carboxylic acid groups (broad SMARTS) is 1. The molecule has 0 saturated heterocycles. The average Bonchev–Trinajstić information content (AvgIpc) is 2.61. The molecule has 1 aliphatic carbocycles. The van der Waals surface area contributed by atoms with E-state index < -0.39 is 11.9 Å². The highest BCUT2D eigenvalue weighted by Crippen LogP contribution is 2.23. The number of benzene rings is 2. The number of amides is 1. The van der Waals surface area contributed by atoms with Crippen molar-refractivity contribution in [1.29, 1.82) is 0 Å². The van der Waals surface area contributed by atoms with Crippen molar-refractivity contribution < 1.29 is 14.7 Å². The maximum absolute atomic E-state index is 12.4. The van der Waals surface area contributed by atoms with Crippen LogP contribution in [0.25, 0.3) is 0 Å². The van der Waals surface area contributed by atoms with Crippen molar-refractivity contribution in [2.45, 2.75) is 38.5 Å². The van der Waals surface area contributed by atoms with E-state index >= 15 is 0 Å². The Labute approximate surface area is 141 Å². The molecule has 1 atom stereocenters. The maximum Gasteiger partial charge on any atom is 0.310 e. The number of aryl methyl sites for hydroxylation is 2. The van der Waals surface area contributed by atoms with Gasteiger partial charge in [0, 0.05) is 11.3 Å². The van der Waals surface area contributed by atoms with Crippen LogP contribution >= 0.6 is 0 Å². The highest BCUT2D eigenvalue weighted by Gasteiger charge is 2.15. The Bertz CT molecular complexity index is 765. The molecule has 0 bridgehead atoms. The van der Waals surface area contributed by atoms with Crippen LogP contribution < -0.4 is 5.32 Å². The molecule has 2 aromatic rings. The number of carbonyl (C=O) groups is 2. The van der Waals surface area contributed by atoms with Gasteiger partial charge in [0.25, 0.3) is 5.91 Å². The molecule has 24 heavy (non-hydrogen) atoms. The van der Waals surface area contributed by atoms with Crippen LogP contribution in [-0.2, 0) is 17.6 Å². The summed E-state index contributed by atoms with van der Waals surface area (Å²) in [5.74, 6) is -1.56. The second-order valence-corrected chi connectivity index (χ2v) is 6.33. The SMILES string of the molecule is CC(C(=O)O)c1ccc(NC(=O)c2ccc3c(c2)CCCC3)cc1. The van der Waals surface area contributed by atoms with Crippen LogP contribution in [0.4, 0.5) is 5.69 Å². The van der Waals surface area contributed by atoms with Crippen LogP contribution in [0.5, 0.6) is 0 Å². The van der Waals surface area contributed by atoms with Gasteiger partial charge >= 0.3 is 5.97 Å². The van der Waals surface area contributed by atoms with Crippen molar-refractivity contribution >= 4 is 17.6 Å². The first-order valence-electron chi connectivity index (χ1n) is 8.30. The first-order chi connectivity index (χ1) is 11.5. The summed E-state index contributed by atoms with van der Waals surface area (Å²) < 4.78 is 0. The molecule has 0 spiro atoms. The van der Waals surface area contributed by atoms with Gasteiger partial charge in [0.05, 0.1) is 5.92 Å². The zero-order valence-corrected chi connectivity index (χ0v) is 13.7. The normalized spacial score (nSPS) is 14.5. The molecule has 0 fully saturated rings. The van der Waals surface area contributed by atoms with Gasteiger partial charge in [0.1, 0.15) is 0 Å². The molecule has 124 valence electrons. The molecule has 1 unspecified atom stereocenters. The van der Waals surface area contributed by atoms with E-state index in [0.717, 1.165) is 12.8 Å². The molecule has 1 amide bonds. The predicted octanol–water partition coefficient (Wildman–Crippen LogP) is 4.01. The number of anilines is 1. The molecule has 0 aliphatic heterocycles. The monoisotopic (exact) mass is 323 g/mol. The second kappa shape index (κ2) is 6.87. The highest BCUT2D eigenvalue weighted by atomic mass is 16.4. The van der Waals surface area contributed by atoms with Gasteiger partial charge < -0.3 is 10.4 Å². The molecule has 3 rings (SSSR count). The Balaban J connectivity index is 1.71. The van der Waals surface area contributed by atoms with Crippen molar-refractivity contribution in [3.8, 4) is 0 Å². The van der Waals surface area contributed by atoms with E-state index in [4.69, 9.17) is 5.11 Å². The minimum atomic E-state index is -0.860. The molecular weight excluding hydrogens is 302 g/mol. The van der Waals surface area contributed by atoms with Crippen LogP contribution in [0.1, 0.15) is 52.7 Å². The third-order valence-electron chi connectivity index (χ3n) is 4.65. The summed E-state index contributed by atoms with van der Waals surface area (Å²) in [5.41, 5.74) is 4.68. The van der Waals surface area contributed by atoms with Gasteiger partial charge in [-0.2, -0.15) is 0 Å². The lowest BCUT2D eigenvalue weighted by atomic mass is 9.90. The van der Waals surface area contributed by atoms with Crippen molar-refractivity contribution in [2.75, 3.05) is 5.32 Å². The van der Waals surface area contributed by atoms with Crippen LogP contribution in [0.15, 0.2) is 42.5 Å². The number of hydrogen-bond donors (Lipinski definition) is 2. The van der Waals surface area contributed by atoms with E-state index in [0.29, 0.717) is 16.8 Å². The molecule has 0 saturated carbocycles. The van der Waals surface area contributed by atoms with Crippen LogP contribution in [0.3, 0.4) is 0 Å². The van der Waals surface area contributed by atoms with Crippen molar-refractivity contribution in [2.24, 2.45) is 0 Å². The molecule has 4 heteroatoms. The summed E-state index contributed by atoms with van der Waals surface area (Å²) in [7, 11) is 0. The van der Waals surface area contributed by atoms with Crippen LogP contribution in [-0.4, -0.2) is 17.0 Å². The van der Waals surface area contributed by atoms with Gasteiger partial charge in [-0.3, -0.25) is 9.59 Å². The zero-order valence-electron chi connectivity index (χ0n) is 13.7. The Hall–Kier alpha value is -2.62. The Kier molecular flexibility index (Phi) is 4.65. The molecule has 0 aromatic heterocycles. The van der Waals surface area contributed by atoms with E-state index in [-0.39, 0.29) is 5.91 Å². The predicted molar refractivity (Wildman–Crippen MR) is 93.5 cm³/mol. The number of rotatable bonds is 4. The summed E-state index contributed by atoms with van der Waals surface area (Å²) in [6.07, 6.45) is 4.54. The largest absolute Gasteiger partial charge is 0.481 e. The number of hydrogen-bond acceptors (Lipinski definition) is 2. The number of carboxylic acids is 1. The summed E-state index contributed by atoms with van der Waals surface area (Å²) in [6.45, 7) is 1.64. The summed E-state index contributed by atoms with van der Waals surface area (Å²) in [5, 5.41) is 11.9. The highest BCUT2D eigenvalue weighted by molar-refractivity contribution is 6.04. The first kappa shape index (κ1) is 16.2. The van der Waals surface area contributed by atoms with Crippen LogP contribution in [0.2, 0.25) is 0 Å². The van der Waals surface area contributed by atoms with Gasteiger partial charge in [-0.05, 0) is 73.6 Å². The third kappa shape index (κ3) is 3.48. The van der Waals surface area contributed by atoms with Gasteiger partial charge in [-0.25, -0.2) is 0 Å². The minimum absolute atomic E-state index is 0.137. The van der Waals surface area contributed by atoms with Crippen molar-refractivity contribution in [3.05, 3.63) is 64.7 Å². The molecular formula is C20H21NO3. The van der Waals surface area contributed by atoms with E-state index in [1.54, 1.807) is 31.2 Å². The minimum Gasteiger partial charge on any atom is -0.481 e. The Morgan fingerprint density at radius 1 is 1.00 bits per heavy atom. The summed E-state index contributed by atoms with van der Waals surface area (Å²) >= 11 is 0. The standard InChI is InChI=1S/C20H21NO3/c1-13(20(23)24)14-8-10-18(11-9-14)21-19(22)17-7-6-15-4-2-3-5-16(15)12-17/h6-13H,2-5H2,1H3,(H,21,22)(H,23,24). The number of carbonyl (C=O) groups excluding carboxylic acids is 1. The second-order valence-electron chi connectivity index (χ2n) is 6.33. The number of nitrogens with one attached hydrogen (secondary N) is 1. The van der Waals surface area contributed by atoms with Crippen molar-refractivity contribution in [3.63, 3.8) is 0 Å². The first-order valence-corrected chi connectivity index (χ1v) is 8.30. The molecule has 1 aliphatic rings. The fourth-order valence-corrected chi connectivity index (χ4v) is 3.08. The van der Waals surface area contributed by atoms with Gasteiger partial charge in [0.2, 0.25) is 0 Å². The Morgan fingerprint density at radius 3 is 2.33 bits per heavy atom. The molecule has 2 N–H and O–H groups in total. The summed E-state index contributed by atoms with van der Waals surface area (Å²) in [4.78, 5) is 23.4. The van der Waals surface area contributed by atoms with Crippen molar-refractivity contribution in [1.82, 2.24) is 0 Å². The van der Waals surface area contributed by atoms with E-state index in [2.05, 4.69) is 11.4 Å². The molecule has 0 heterocycles. The lowest BCUT2D eigenvalue weighted by molar-refractivity contribution is -0.138. The average molecular weight is 323 g/mol. The fraction of sp³-hybridized carbons (Fsp3) is 0.300. The quantitative estimate of drug-likeness (QED) is 0.893. The third-order valence-corrected chi connectivity index (χ3v) is 4.65. The van der Waals surface area contributed by atoms with Gasteiger partial charge in [-0.1, -0.05) is 18.2 Å². The number of fused-ring (bicyclic) bond motifs is 1.